The fourth-order valence-corrected chi connectivity index (χ4v) is 4.85. The number of halogens is 1. The first-order valence-electron chi connectivity index (χ1n) is 10.1. The molecule has 0 saturated heterocycles. The van der Waals surface area contributed by atoms with Crippen LogP contribution in [0.25, 0.3) is 0 Å². The van der Waals surface area contributed by atoms with E-state index in [2.05, 4.69) is 22.6 Å². The number of fused-ring (bicyclic) bond motifs is 6. The van der Waals surface area contributed by atoms with E-state index in [-0.39, 0.29) is 25.1 Å². The van der Waals surface area contributed by atoms with Crippen molar-refractivity contribution < 1.29 is 33.6 Å². The zero-order chi connectivity index (χ0) is 21.9. The molecule has 0 amide bonds. The van der Waals surface area contributed by atoms with E-state index in [1.165, 1.54) is 0 Å². The molecular weight excluding hydrogens is 512 g/mol. The highest BCUT2D eigenvalue weighted by molar-refractivity contribution is 14.1. The van der Waals surface area contributed by atoms with Gasteiger partial charge in [-0.2, -0.15) is 0 Å². The number of aliphatic hydroxyl groups excluding tert-OH is 1. The van der Waals surface area contributed by atoms with Crippen LogP contribution in [0, 0.1) is 0 Å². The van der Waals surface area contributed by atoms with E-state index in [9.17, 15) is 9.90 Å². The Bertz CT molecular complexity index is 1060. The lowest BCUT2D eigenvalue weighted by Gasteiger charge is -2.37. The fraction of sp³-hybridized carbons (Fsp3) is 0.435. The van der Waals surface area contributed by atoms with Gasteiger partial charge in [0.1, 0.15) is 36.1 Å². The van der Waals surface area contributed by atoms with Crippen LogP contribution in [0.5, 0.6) is 28.7 Å². The van der Waals surface area contributed by atoms with Crippen molar-refractivity contribution in [1.29, 1.82) is 0 Å². The number of alkyl halides is 1. The van der Waals surface area contributed by atoms with Crippen LogP contribution in [-0.2, 0) is 6.42 Å². The van der Waals surface area contributed by atoms with Crippen molar-refractivity contribution in [3.8, 4) is 28.7 Å². The van der Waals surface area contributed by atoms with Gasteiger partial charge in [0.2, 0.25) is 0 Å². The maximum Gasteiger partial charge on any atom is 0.178 e. The lowest BCUT2D eigenvalue weighted by atomic mass is 9.81. The molecule has 8 heteroatoms. The lowest BCUT2D eigenvalue weighted by molar-refractivity contribution is 0.0554. The zero-order valence-corrected chi connectivity index (χ0v) is 19.6. The van der Waals surface area contributed by atoms with Gasteiger partial charge in [-0.3, -0.25) is 4.79 Å². The predicted octanol–water partition coefficient (Wildman–Crippen LogP) is 3.31. The van der Waals surface area contributed by atoms with Crippen LogP contribution >= 0.6 is 22.6 Å². The number of ketones is 1. The van der Waals surface area contributed by atoms with Crippen molar-refractivity contribution in [3.63, 3.8) is 0 Å². The summed E-state index contributed by atoms with van der Waals surface area (Å²) in [7, 11) is 3.13. The molecule has 4 atom stereocenters. The van der Waals surface area contributed by atoms with Crippen molar-refractivity contribution in [1.82, 2.24) is 0 Å². The van der Waals surface area contributed by atoms with Gasteiger partial charge >= 0.3 is 0 Å². The monoisotopic (exact) mass is 535 g/mol. The summed E-state index contributed by atoms with van der Waals surface area (Å²) >= 11 is 2.22. The summed E-state index contributed by atoms with van der Waals surface area (Å²) in [5, 5.41) is 9.73. The van der Waals surface area contributed by atoms with Gasteiger partial charge in [0.05, 0.1) is 35.7 Å². The van der Waals surface area contributed by atoms with Gasteiger partial charge < -0.3 is 28.8 Å². The van der Waals surface area contributed by atoms with E-state index in [1.54, 1.807) is 32.4 Å². The van der Waals surface area contributed by atoms with Crippen LogP contribution in [0.15, 0.2) is 24.3 Å². The Kier molecular flexibility index (Phi) is 4.97. The average molecular weight is 535 g/mol. The second-order valence-corrected chi connectivity index (χ2v) is 10.7. The number of carbonyl (C=O) groups excluding carboxylic acids is 1. The standard InChI is InChI=1S/C23H23IO7/c1-23(24,10-25)19-7-13-14(30-19)5-4-11-21(26)20-12-6-16(27-2)17(28-3)8-15(12)29-9-18(20)31-22(11)13/h4-6,8,18-20,25H,7,9-10H2,1-3H3/t18-,19?,20+,23+/m1/s1/i24-3. The maximum absolute atomic E-state index is 13.6. The highest BCUT2D eigenvalue weighted by atomic mass is 124. The van der Waals surface area contributed by atoms with Gasteiger partial charge in [0, 0.05) is 23.6 Å². The summed E-state index contributed by atoms with van der Waals surface area (Å²) < 4.78 is 28.8. The van der Waals surface area contributed by atoms with E-state index >= 15 is 0 Å². The molecule has 5 rings (SSSR count). The van der Waals surface area contributed by atoms with Crippen LogP contribution in [0.4, 0.5) is 0 Å². The van der Waals surface area contributed by atoms with E-state index in [4.69, 9.17) is 23.7 Å². The third-order valence-electron chi connectivity index (χ3n) is 6.30. The summed E-state index contributed by atoms with van der Waals surface area (Å²) in [5.74, 6) is 2.48. The van der Waals surface area contributed by atoms with Crippen LogP contribution in [0.2, 0.25) is 0 Å². The number of ether oxygens (including phenoxy) is 5. The van der Waals surface area contributed by atoms with Crippen LogP contribution in [0.1, 0.15) is 34.3 Å². The third-order valence-corrected chi connectivity index (χ3v) is 7.34. The van der Waals surface area contributed by atoms with Gasteiger partial charge in [-0.15, -0.1) is 0 Å². The van der Waals surface area contributed by atoms with Crippen molar-refractivity contribution in [2.45, 2.75) is 34.9 Å². The molecule has 7 nitrogen and oxygen atoms in total. The molecule has 2 aromatic rings. The quantitative estimate of drug-likeness (QED) is 0.475. The van der Waals surface area contributed by atoms with Crippen molar-refractivity contribution in [2.75, 3.05) is 27.4 Å². The number of hydrogen-bond donors (Lipinski definition) is 1. The first kappa shape index (κ1) is 20.7. The molecule has 164 valence electrons. The molecule has 0 aliphatic carbocycles. The molecule has 1 N–H and O–H groups in total. The van der Waals surface area contributed by atoms with E-state index in [0.717, 1.165) is 11.1 Å². The first-order valence-corrected chi connectivity index (χ1v) is 11.2. The third kappa shape index (κ3) is 3.14. The van der Waals surface area contributed by atoms with Gasteiger partial charge in [-0.05, 0) is 25.1 Å². The second-order valence-electron chi connectivity index (χ2n) is 8.22. The summed E-state index contributed by atoms with van der Waals surface area (Å²) in [6, 6.07) is 7.15. The Balaban J connectivity index is 1.55. The number of aliphatic hydroxyl groups is 1. The molecule has 0 saturated carbocycles. The van der Waals surface area contributed by atoms with E-state index < -0.39 is 15.4 Å². The topological polar surface area (TPSA) is 83.5 Å². The largest absolute Gasteiger partial charge is 0.493 e. The number of carbonyl (C=O) groups is 1. The number of hydrogen-bond acceptors (Lipinski definition) is 7. The molecule has 0 bridgehead atoms. The minimum absolute atomic E-state index is 0.00515. The molecule has 31 heavy (non-hydrogen) atoms. The minimum atomic E-state index is -0.487. The molecule has 3 heterocycles. The van der Waals surface area contributed by atoms with Gasteiger partial charge in [0.15, 0.2) is 17.3 Å². The van der Waals surface area contributed by atoms with Crippen molar-refractivity contribution in [2.24, 2.45) is 0 Å². The first-order chi connectivity index (χ1) is 14.9. The van der Waals surface area contributed by atoms with E-state index in [1.807, 2.05) is 13.0 Å². The van der Waals surface area contributed by atoms with Crippen LogP contribution < -0.4 is 23.7 Å². The van der Waals surface area contributed by atoms with Gasteiger partial charge in [0.25, 0.3) is 0 Å². The molecule has 3 aliphatic heterocycles. The molecule has 1 unspecified atom stereocenters. The normalized spacial score (nSPS) is 24.9. The number of Topliss-reactive ketones (excluding diaryl/α,β-unsaturated/α-hetero) is 1. The molecule has 0 radical (unpaired) electrons. The Labute approximate surface area is 193 Å². The average Bonchev–Trinajstić information content (AvgIpc) is 3.23. The van der Waals surface area contributed by atoms with E-state index in [0.29, 0.717) is 40.7 Å². The van der Waals surface area contributed by atoms with Gasteiger partial charge in [-0.1, -0.05) is 22.6 Å². The zero-order valence-electron chi connectivity index (χ0n) is 17.4. The summed E-state index contributed by atoms with van der Waals surface area (Å²) in [6.07, 6.45) is -0.0675. The SMILES string of the molecule is COc1cc2c(cc1OC)[C@@H]1C(=O)c3ccc4c(c3O[C@@H]1CO2)CC([C@@](C)([124I])CO)O4. The van der Waals surface area contributed by atoms with Crippen molar-refractivity contribution in [3.05, 3.63) is 41.0 Å². The Morgan fingerprint density at radius 2 is 1.90 bits per heavy atom. The Morgan fingerprint density at radius 3 is 2.61 bits per heavy atom. The molecule has 3 aliphatic rings. The molecule has 0 aromatic heterocycles. The summed E-state index contributed by atoms with van der Waals surface area (Å²) in [6.45, 7) is 2.20. The molecule has 0 spiro atoms. The molecule has 0 fully saturated rings. The minimum Gasteiger partial charge on any atom is -0.493 e. The maximum atomic E-state index is 13.6. The van der Waals surface area contributed by atoms with Gasteiger partial charge in [-0.25, -0.2) is 0 Å². The van der Waals surface area contributed by atoms with Crippen LogP contribution in [-0.4, -0.2) is 54.0 Å². The number of rotatable bonds is 4. The predicted molar refractivity (Wildman–Crippen MR) is 121 cm³/mol. The summed E-state index contributed by atoms with van der Waals surface area (Å²) in [5.41, 5.74) is 2.16. The molecule has 2 aromatic carbocycles. The Morgan fingerprint density at radius 1 is 1.16 bits per heavy atom. The second kappa shape index (κ2) is 7.44. The summed E-state index contributed by atoms with van der Waals surface area (Å²) in [4.78, 5) is 13.6. The molecular formula is C23H23IO7. The Hall–Kier alpha value is -2.20. The number of benzene rings is 2. The fourth-order valence-electron chi connectivity index (χ4n) is 4.50. The van der Waals surface area contributed by atoms with Crippen LogP contribution in [0.3, 0.4) is 0 Å². The highest BCUT2D eigenvalue weighted by Crippen LogP contribution is 2.50. The lowest BCUT2D eigenvalue weighted by Crippen LogP contribution is -2.43. The highest BCUT2D eigenvalue weighted by Gasteiger charge is 2.47. The smallest absolute Gasteiger partial charge is 0.178 e. The van der Waals surface area contributed by atoms with Crippen molar-refractivity contribution >= 4 is 28.4 Å². The number of methoxy groups -OCH3 is 2.